The zero-order chi connectivity index (χ0) is 15.3. The predicted molar refractivity (Wildman–Crippen MR) is 75.6 cm³/mol. The van der Waals surface area contributed by atoms with Crippen LogP contribution < -0.4 is 5.32 Å². The molecule has 2 amide bonds. The Balaban J connectivity index is 2.67. The van der Waals surface area contributed by atoms with Crippen LogP contribution in [0.2, 0.25) is 0 Å². The number of rotatable bonds is 5. The lowest BCUT2D eigenvalue weighted by molar-refractivity contribution is -0.148. The summed E-state index contributed by atoms with van der Waals surface area (Å²) in [5, 5.41) is 12.2. The molecule has 6 nitrogen and oxygen atoms in total. The van der Waals surface area contributed by atoms with Gasteiger partial charge in [0.05, 0.1) is 6.10 Å². The quantitative estimate of drug-likeness (QED) is 0.806. The molecular formula is C14H26N2O4. The maximum absolute atomic E-state index is 12.2. The minimum atomic E-state index is -0.942. The Morgan fingerprint density at radius 1 is 1.50 bits per heavy atom. The molecule has 0 bridgehead atoms. The van der Waals surface area contributed by atoms with Gasteiger partial charge in [0.15, 0.2) is 0 Å². The molecule has 1 saturated heterocycles. The number of ether oxygens (including phenoxy) is 1. The standard InChI is InChI=1S/C14H26N2O4/c1-5-20-10(2)9-15-13(19)16-8-6-7-14(3,4)11(16)12(17)18/h10-11H,5-9H2,1-4H3,(H,15,19)(H,17,18). The SMILES string of the molecule is CCOC(C)CNC(=O)N1CCCC(C)(C)C1C(=O)O. The monoisotopic (exact) mass is 286 g/mol. The lowest BCUT2D eigenvalue weighted by Gasteiger charge is -2.43. The molecule has 1 rings (SSSR count). The first kappa shape index (κ1) is 16.8. The number of hydrogen-bond donors (Lipinski definition) is 2. The van der Waals surface area contributed by atoms with Crippen LogP contribution in [0.3, 0.4) is 0 Å². The second-order valence-electron chi connectivity index (χ2n) is 5.98. The average molecular weight is 286 g/mol. The van der Waals surface area contributed by atoms with Crippen molar-refractivity contribution in [1.29, 1.82) is 0 Å². The van der Waals surface area contributed by atoms with Gasteiger partial charge in [0.1, 0.15) is 6.04 Å². The Morgan fingerprint density at radius 3 is 2.70 bits per heavy atom. The molecule has 0 spiro atoms. The summed E-state index contributed by atoms with van der Waals surface area (Å²) >= 11 is 0. The minimum absolute atomic E-state index is 0.0787. The molecule has 0 radical (unpaired) electrons. The molecule has 0 aliphatic carbocycles. The van der Waals surface area contributed by atoms with E-state index in [2.05, 4.69) is 5.32 Å². The molecule has 0 aromatic carbocycles. The van der Waals surface area contributed by atoms with Gasteiger partial charge in [0.2, 0.25) is 0 Å². The number of likely N-dealkylation sites (tertiary alicyclic amines) is 1. The van der Waals surface area contributed by atoms with Crippen LogP contribution in [0.25, 0.3) is 0 Å². The number of aliphatic carboxylic acids is 1. The molecule has 0 aromatic rings. The van der Waals surface area contributed by atoms with Gasteiger partial charge < -0.3 is 20.1 Å². The first-order chi connectivity index (χ1) is 9.29. The molecule has 1 fully saturated rings. The van der Waals surface area contributed by atoms with Crippen LogP contribution >= 0.6 is 0 Å². The number of urea groups is 1. The van der Waals surface area contributed by atoms with E-state index in [1.54, 1.807) is 0 Å². The van der Waals surface area contributed by atoms with Crippen molar-refractivity contribution < 1.29 is 19.4 Å². The number of carbonyl (C=O) groups is 2. The zero-order valence-electron chi connectivity index (χ0n) is 12.8. The Kier molecular flexibility index (Phi) is 5.80. The molecule has 0 saturated carbocycles. The Hall–Kier alpha value is -1.30. The first-order valence-electron chi connectivity index (χ1n) is 7.18. The fourth-order valence-corrected chi connectivity index (χ4v) is 2.76. The van der Waals surface area contributed by atoms with Gasteiger partial charge in [-0.15, -0.1) is 0 Å². The Bertz CT molecular complexity index is 357. The van der Waals surface area contributed by atoms with Crippen LogP contribution in [0.5, 0.6) is 0 Å². The molecular weight excluding hydrogens is 260 g/mol. The van der Waals surface area contributed by atoms with Crippen LogP contribution in [0.4, 0.5) is 4.79 Å². The number of carboxylic acids is 1. The highest BCUT2D eigenvalue weighted by Gasteiger charge is 2.44. The van der Waals surface area contributed by atoms with E-state index in [1.807, 2.05) is 27.7 Å². The number of nitrogens with one attached hydrogen (secondary N) is 1. The van der Waals surface area contributed by atoms with E-state index in [0.717, 1.165) is 12.8 Å². The number of carbonyl (C=O) groups excluding carboxylic acids is 1. The van der Waals surface area contributed by atoms with Crippen LogP contribution in [-0.2, 0) is 9.53 Å². The Labute approximate surface area is 120 Å². The zero-order valence-corrected chi connectivity index (χ0v) is 12.8. The number of nitrogens with zero attached hydrogens (tertiary/aromatic N) is 1. The summed E-state index contributed by atoms with van der Waals surface area (Å²) in [6.45, 7) is 9.02. The lowest BCUT2D eigenvalue weighted by atomic mass is 9.76. The molecule has 2 N–H and O–H groups in total. The van der Waals surface area contributed by atoms with Crippen LogP contribution in [0.15, 0.2) is 0 Å². The van der Waals surface area contributed by atoms with Crippen LogP contribution in [0.1, 0.15) is 40.5 Å². The molecule has 2 unspecified atom stereocenters. The summed E-state index contributed by atoms with van der Waals surface area (Å²) in [4.78, 5) is 25.1. The molecule has 1 aliphatic heterocycles. The molecule has 6 heteroatoms. The fraction of sp³-hybridized carbons (Fsp3) is 0.857. The van der Waals surface area contributed by atoms with Crippen molar-refractivity contribution in [2.75, 3.05) is 19.7 Å². The van der Waals surface area contributed by atoms with Crippen molar-refractivity contribution in [3.8, 4) is 0 Å². The molecule has 1 heterocycles. The first-order valence-corrected chi connectivity index (χ1v) is 7.18. The van der Waals surface area contributed by atoms with Gasteiger partial charge >= 0.3 is 12.0 Å². The fourth-order valence-electron chi connectivity index (χ4n) is 2.76. The predicted octanol–water partition coefficient (Wildman–Crippen LogP) is 1.70. The average Bonchev–Trinajstić information content (AvgIpc) is 2.34. The summed E-state index contributed by atoms with van der Waals surface area (Å²) in [6, 6.07) is -1.10. The van der Waals surface area contributed by atoms with Gasteiger partial charge in [-0.05, 0) is 32.1 Å². The van der Waals surface area contributed by atoms with Crippen molar-refractivity contribution in [2.45, 2.75) is 52.7 Å². The second-order valence-corrected chi connectivity index (χ2v) is 5.98. The maximum Gasteiger partial charge on any atom is 0.327 e. The highest BCUT2D eigenvalue weighted by Crippen LogP contribution is 2.35. The second kappa shape index (κ2) is 6.92. The smallest absolute Gasteiger partial charge is 0.327 e. The van der Waals surface area contributed by atoms with E-state index in [1.165, 1.54) is 4.90 Å². The molecule has 0 aromatic heterocycles. The Morgan fingerprint density at radius 2 is 2.15 bits per heavy atom. The van der Waals surface area contributed by atoms with Crippen LogP contribution in [0, 0.1) is 5.41 Å². The van der Waals surface area contributed by atoms with Gasteiger partial charge in [-0.25, -0.2) is 9.59 Å². The van der Waals surface area contributed by atoms with Crippen molar-refractivity contribution >= 4 is 12.0 Å². The summed E-state index contributed by atoms with van der Waals surface area (Å²) in [6.07, 6.45) is 1.55. The van der Waals surface area contributed by atoms with Gasteiger partial charge in [-0.1, -0.05) is 13.8 Å². The summed E-state index contributed by atoms with van der Waals surface area (Å²) < 4.78 is 5.35. The molecule has 116 valence electrons. The number of hydrogen-bond acceptors (Lipinski definition) is 3. The normalized spacial score (nSPS) is 23.2. The van der Waals surface area contributed by atoms with E-state index in [0.29, 0.717) is 19.7 Å². The highest BCUT2D eigenvalue weighted by atomic mass is 16.5. The molecule has 20 heavy (non-hydrogen) atoms. The van der Waals surface area contributed by atoms with Crippen molar-refractivity contribution in [1.82, 2.24) is 10.2 Å². The van der Waals surface area contributed by atoms with E-state index in [4.69, 9.17) is 4.74 Å². The summed E-state index contributed by atoms with van der Waals surface area (Å²) in [5.41, 5.74) is -0.410. The lowest BCUT2D eigenvalue weighted by Crippen LogP contribution is -2.59. The van der Waals surface area contributed by atoms with E-state index >= 15 is 0 Å². The van der Waals surface area contributed by atoms with Gasteiger partial charge in [0, 0.05) is 19.7 Å². The maximum atomic E-state index is 12.2. The van der Waals surface area contributed by atoms with Gasteiger partial charge in [-0.2, -0.15) is 0 Å². The summed E-state index contributed by atoms with van der Waals surface area (Å²) in [7, 11) is 0. The number of amides is 2. The minimum Gasteiger partial charge on any atom is -0.480 e. The molecule has 2 atom stereocenters. The van der Waals surface area contributed by atoms with Crippen LogP contribution in [-0.4, -0.2) is 53.8 Å². The van der Waals surface area contributed by atoms with Crippen molar-refractivity contribution in [3.63, 3.8) is 0 Å². The topological polar surface area (TPSA) is 78.9 Å². The largest absolute Gasteiger partial charge is 0.480 e. The summed E-state index contributed by atoms with van der Waals surface area (Å²) in [5.74, 6) is -0.942. The number of carboxylic acid groups (broad SMARTS) is 1. The van der Waals surface area contributed by atoms with Crippen molar-refractivity contribution in [3.05, 3.63) is 0 Å². The van der Waals surface area contributed by atoms with Gasteiger partial charge in [-0.3, -0.25) is 0 Å². The number of piperidine rings is 1. The molecule has 1 aliphatic rings. The van der Waals surface area contributed by atoms with E-state index in [9.17, 15) is 14.7 Å². The third-order valence-corrected chi connectivity index (χ3v) is 3.76. The van der Waals surface area contributed by atoms with Gasteiger partial charge in [0.25, 0.3) is 0 Å². The third kappa shape index (κ3) is 4.10. The van der Waals surface area contributed by atoms with E-state index < -0.39 is 17.4 Å². The van der Waals surface area contributed by atoms with Crippen molar-refractivity contribution in [2.24, 2.45) is 5.41 Å². The third-order valence-electron chi connectivity index (χ3n) is 3.76. The van der Waals surface area contributed by atoms with E-state index in [-0.39, 0.29) is 12.1 Å². The highest BCUT2D eigenvalue weighted by molar-refractivity contribution is 5.83.